The van der Waals surface area contributed by atoms with Gasteiger partial charge in [0.1, 0.15) is 18.1 Å². The molecule has 25 heavy (non-hydrogen) atoms. The minimum absolute atomic E-state index is 0.0259. The van der Waals surface area contributed by atoms with Crippen LogP contribution in [-0.4, -0.2) is 29.9 Å². The third-order valence-corrected chi connectivity index (χ3v) is 3.97. The van der Waals surface area contributed by atoms with Crippen molar-refractivity contribution in [1.29, 1.82) is 0 Å². The Morgan fingerprint density at radius 3 is 2.36 bits per heavy atom. The maximum Gasteiger partial charge on any atom is 0.315 e. The fourth-order valence-corrected chi connectivity index (χ4v) is 2.54. The van der Waals surface area contributed by atoms with Crippen molar-refractivity contribution in [2.24, 2.45) is 0 Å². The van der Waals surface area contributed by atoms with Crippen molar-refractivity contribution >= 4 is 6.03 Å². The normalized spacial score (nSPS) is 13.2. The van der Waals surface area contributed by atoms with Gasteiger partial charge < -0.3 is 19.9 Å². The smallest absolute Gasteiger partial charge is 0.315 e. The average Bonchev–Trinajstić information content (AvgIpc) is 2.86. The Balaban J connectivity index is 1.74. The first kappa shape index (κ1) is 18.8. The topological polar surface area (TPSA) is 76.4 Å². The molecular weight excluding hydrogens is 318 g/mol. The highest BCUT2D eigenvalue weighted by atomic mass is 16.5. The molecule has 0 fully saturated rings. The highest BCUT2D eigenvalue weighted by molar-refractivity contribution is 5.74. The molecule has 2 aromatic rings. The minimum Gasteiger partial charge on any atom is -0.491 e. The summed E-state index contributed by atoms with van der Waals surface area (Å²) in [6.07, 6.45) is 0.683. The Kier molecular flexibility index (Phi) is 6.44. The number of nitrogens with one attached hydrogen (secondary N) is 2. The van der Waals surface area contributed by atoms with E-state index in [2.05, 4.69) is 15.8 Å². The van der Waals surface area contributed by atoms with Gasteiger partial charge in [0.25, 0.3) is 0 Å². The number of ether oxygens (including phenoxy) is 1. The largest absolute Gasteiger partial charge is 0.491 e. The van der Waals surface area contributed by atoms with Crippen LogP contribution in [0.25, 0.3) is 0 Å². The maximum atomic E-state index is 12.1. The lowest BCUT2D eigenvalue weighted by Crippen LogP contribution is -2.46. The van der Waals surface area contributed by atoms with Crippen LogP contribution < -0.4 is 15.4 Å². The zero-order chi connectivity index (χ0) is 18.4. The summed E-state index contributed by atoms with van der Waals surface area (Å²) >= 11 is 0. The number of hydrogen-bond donors (Lipinski definition) is 2. The highest BCUT2D eigenvalue weighted by Gasteiger charge is 2.15. The summed E-state index contributed by atoms with van der Waals surface area (Å²) in [5.41, 5.74) is 3.10. The van der Waals surface area contributed by atoms with Gasteiger partial charge in [0.2, 0.25) is 0 Å². The van der Waals surface area contributed by atoms with Gasteiger partial charge in [-0.15, -0.1) is 0 Å². The van der Waals surface area contributed by atoms with Crippen molar-refractivity contribution in [3.8, 4) is 5.75 Å². The molecule has 6 heteroatoms. The Morgan fingerprint density at radius 2 is 1.76 bits per heavy atom. The van der Waals surface area contributed by atoms with Crippen LogP contribution in [0, 0.1) is 20.8 Å². The van der Waals surface area contributed by atoms with Gasteiger partial charge in [0, 0.05) is 11.6 Å². The SMILES string of the molecule is Cc1ccc(OCC(C)NC(=O)NC(C)Cc2c(C)noc2C)cc1. The number of urea groups is 1. The van der Waals surface area contributed by atoms with Crippen LogP contribution in [-0.2, 0) is 6.42 Å². The number of hydrogen-bond acceptors (Lipinski definition) is 4. The molecule has 2 amide bonds. The van der Waals surface area contributed by atoms with Gasteiger partial charge in [-0.2, -0.15) is 0 Å². The van der Waals surface area contributed by atoms with Gasteiger partial charge in [0.15, 0.2) is 0 Å². The predicted molar refractivity (Wildman–Crippen MR) is 96.9 cm³/mol. The van der Waals surface area contributed by atoms with Crippen LogP contribution in [0.5, 0.6) is 5.75 Å². The summed E-state index contributed by atoms with van der Waals surface area (Å²) in [6.45, 7) is 10.1. The molecule has 0 saturated heterocycles. The van der Waals surface area contributed by atoms with Gasteiger partial charge in [-0.05, 0) is 53.2 Å². The molecule has 1 aromatic heterocycles. The molecule has 2 atom stereocenters. The molecule has 1 aromatic carbocycles. The predicted octanol–water partition coefficient (Wildman–Crippen LogP) is 3.30. The summed E-state index contributed by atoms with van der Waals surface area (Å²) in [6, 6.07) is 7.50. The van der Waals surface area contributed by atoms with Crippen molar-refractivity contribution < 1.29 is 14.1 Å². The van der Waals surface area contributed by atoms with Crippen molar-refractivity contribution in [2.75, 3.05) is 6.61 Å². The molecule has 0 aliphatic heterocycles. The molecule has 6 nitrogen and oxygen atoms in total. The maximum absolute atomic E-state index is 12.1. The molecule has 0 bridgehead atoms. The van der Waals surface area contributed by atoms with Crippen molar-refractivity contribution in [3.63, 3.8) is 0 Å². The molecule has 0 radical (unpaired) electrons. The Bertz CT molecular complexity index is 675. The first-order valence-electron chi connectivity index (χ1n) is 8.53. The van der Waals surface area contributed by atoms with Crippen molar-refractivity contribution in [3.05, 3.63) is 46.8 Å². The number of aryl methyl sites for hydroxylation is 3. The van der Waals surface area contributed by atoms with E-state index in [0.717, 1.165) is 22.8 Å². The summed E-state index contributed by atoms with van der Waals surface area (Å²) in [5, 5.41) is 9.76. The monoisotopic (exact) mass is 345 g/mol. The lowest BCUT2D eigenvalue weighted by atomic mass is 10.1. The summed E-state index contributed by atoms with van der Waals surface area (Å²) in [5.74, 6) is 1.60. The standard InChI is InChI=1S/C19H27N3O3/c1-12-6-8-17(9-7-12)24-11-14(3)21-19(23)20-13(2)10-18-15(4)22-25-16(18)5/h6-9,13-14H,10-11H2,1-5H3,(H2,20,21,23). The van der Waals surface area contributed by atoms with E-state index >= 15 is 0 Å². The number of carbonyl (C=O) groups excluding carboxylic acids is 1. The van der Waals surface area contributed by atoms with Crippen LogP contribution in [0.1, 0.15) is 36.4 Å². The number of nitrogens with zero attached hydrogens (tertiary/aromatic N) is 1. The fraction of sp³-hybridized carbons (Fsp3) is 0.474. The van der Waals surface area contributed by atoms with Crippen LogP contribution in [0.15, 0.2) is 28.8 Å². The second-order valence-electron chi connectivity index (χ2n) is 6.55. The minimum atomic E-state index is -0.209. The molecule has 0 spiro atoms. The third kappa shape index (κ3) is 5.81. The van der Waals surface area contributed by atoms with E-state index < -0.39 is 0 Å². The van der Waals surface area contributed by atoms with E-state index in [1.807, 2.05) is 58.9 Å². The third-order valence-electron chi connectivity index (χ3n) is 3.97. The second-order valence-corrected chi connectivity index (χ2v) is 6.55. The zero-order valence-electron chi connectivity index (χ0n) is 15.6. The van der Waals surface area contributed by atoms with Gasteiger partial charge in [-0.1, -0.05) is 22.9 Å². The van der Waals surface area contributed by atoms with E-state index in [9.17, 15) is 4.79 Å². The lowest BCUT2D eigenvalue weighted by molar-refractivity contribution is 0.223. The lowest BCUT2D eigenvalue weighted by Gasteiger charge is -2.18. The number of rotatable bonds is 7. The molecule has 0 saturated carbocycles. The van der Waals surface area contributed by atoms with Crippen LogP contribution in [0.4, 0.5) is 4.79 Å². The van der Waals surface area contributed by atoms with E-state index in [0.29, 0.717) is 13.0 Å². The molecule has 0 aliphatic rings. The van der Waals surface area contributed by atoms with Gasteiger partial charge in [-0.3, -0.25) is 0 Å². The average molecular weight is 345 g/mol. The quantitative estimate of drug-likeness (QED) is 0.807. The summed E-state index contributed by atoms with van der Waals surface area (Å²) in [4.78, 5) is 12.1. The van der Waals surface area contributed by atoms with E-state index in [4.69, 9.17) is 9.26 Å². The highest BCUT2D eigenvalue weighted by Crippen LogP contribution is 2.14. The summed E-state index contributed by atoms with van der Waals surface area (Å²) in [7, 11) is 0. The first-order valence-corrected chi connectivity index (χ1v) is 8.53. The zero-order valence-corrected chi connectivity index (χ0v) is 15.6. The molecule has 136 valence electrons. The fourth-order valence-electron chi connectivity index (χ4n) is 2.54. The van der Waals surface area contributed by atoms with E-state index in [1.165, 1.54) is 5.56 Å². The van der Waals surface area contributed by atoms with E-state index in [1.54, 1.807) is 0 Å². The van der Waals surface area contributed by atoms with Crippen molar-refractivity contribution in [1.82, 2.24) is 15.8 Å². The molecule has 2 rings (SSSR count). The summed E-state index contributed by atoms with van der Waals surface area (Å²) < 4.78 is 10.8. The van der Waals surface area contributed by atoms with Crippen molar-refractivity contribution in [2.45, 2.75) is 53.1 Å². The Morgan fingerprint density at radius 1 is 1.12 bits per heavy atom. The van der Waals surface area contributed by atoms with E-state index in [-0.39, 0.29) is 18.1 Å². The number of aromatic nitrogens is 1. The van der Waals surface area contributed by atoms with Crippen LogP contribution in [0.3, 0.4) is 0 Å². The Labute approximate surface area is 148 Å². The number of carbonyl (C=O) groups is 1. The molecule has 2 N–H and O–H groups in total. The molecule has 0 aliphatic carbocycles. The molecule has 1 heterocycles. The second kappa shape index (κ2) is 8.55. The molecular formula is C19H27N3O3. The van der Waals surface area contributed by atoms with Gasteiger partial charge in [-0.25, -0.2) is 4.79 Å². The Hall–Kier alpha value is -2.50. The first-order chi connectivity index (χ1) is 11.8. The number of benzene rings is 1. The van der Waals surface area contributed by atoms with Gasteiger partial charge in [0.05, 0.1) is 11.7 Å². The molecule has 2 unspecified atom stereocenters. The van der Waals surface area contributed by atoms with Crippen LogP contribution in [0.2, 0.25) is 0 Å². The number of amides is 2. The van der Waals surface area contributed by atoms with Crippen LogP contribution >= 0.6 is 0 Å². The van der Waals surface area contributed by atoms with Gasteiger partial charge >= 0.3 is 6.03 Å².